The Bertz CT molecular complexity index is 731. The molecule has 1 fully saturated rings. The van der Waals surface area contributed by atoms with E-state index < -0.39 is 5.97 Å². The van der Waals surface area contributed by atoms with Crippen molar-refractivity contribution in [2.75, 3.05) is 13.1 Å². The van der Waals surface area contributed by atoms with E-state index in [4.69, 9.17) is 9.52 Å². The minimum absolute atomic E-state index is 0.0325. The Morgan fingerprint density at radius 1 is 1.25 bits per heavy atom. The van der Waals surface area contributed by atoms with E-state index in [1.54, 1.807) is 11.8 Å². The molecule has 1 aromatic carbocycles. The van der Waals surface area contributed by atoms with Crippen LogP contribution >= 0.6 is 0 Å². The number of rotatable bonds is 4. The second kappa shape index (κ2) is 6.86. The molecule has 1 aliphatic heterocycles. The number of amides is 1. The number of hydrogen-bond acceptors (Lipinski definition) is 4. The number of aryl methyl sites for hydroxylation is 1. The lowest BCUT2D eigenvalue weighted by Gasteiger charge is -2.30. The number of carbonyl (C=O) groups is 2. The molecule has 1 N–H and O–H groups in total. The summed E-state index contributed by atoms with van der Waals surface area (Å²) in [5.41, 5.74) is 1.51. The molecule has 0 saturated carbocycles. The molecule has 1 amide bonds. The van der Waals surface area contributed by atoms with E-state index in [9.17, 15) is 9.59 Å². The Balaban J connectivity index is 1.65. The zero-order chi connectivity index (χ0) is 17.1. The van der Waals surface area contributed by atoms with Crippen LogP contribution in [-0.2, 0) is 16.0 Å². The summed E-state index contributed by atoms with van der Waals surface area (Å²) in [7, 11) is 0. The van der Waals surface area contributed by atoms with Gasteiger partial charge in [0.2, 0.25) is 11.8 Å². The number of carboxylic acids is 1. The van der Waals surface area contributed by atoms with E-state index in [1.165, 1.54) is 0 Å². The van der Waals surface area contributed by atoms with E-state index in [0.29, 0.717) is 43.3 Å². The number of piperidine rings is 1. The lowest BCUT2D eigenvalue weighted by Crippen LogP contribution is -2.41. The van der Waals surface area contributed by atoms with Crippen LogP contribution in [0.4, 0.5) is 0 Å². The third-order valence-corrected chi connectivity index (χ3v) is 4.43. The van der Waals surface area contributed by atoms with Crippen LogP contribution in [0.1, 0.15) is 24.3 Å². The van der Waals surface area contributed by atoms with Crippen molar-refractivity contribution in [3.63, 3.8) is 0 Å². The van der Waals surface area contributed by atoms with Gasteiger partial charge in [0.25, 0.3) is 0 Å². The van der Waals surface area contributed by atoms with Crippen molar-refractivity contribution >= 4 is 11.9 Å². The van der Waals surface area contributed by atoms with Gasteiger partial charge in [-0.1, -0.05) is 18.2 Å². The Hall–Kier alpha value is -2.63. The summed E-state index contributed by atoms with van der Waals surface area (Å²) in [6.45, 7) is 2.77. The van der Waals surface area contributed by atoms with Crippen molar-refractivity contribution in [3.05, 3.63) is 41.8 Å². The summed E-state index contributed by atoms with van der Waals surface area (Å²) in [6, 6.07) is 9.56. The number of oxazole rings is 1. The van der Waals surface area contributed by atoms with E-state index in [1.807, 2.05) is 30.3 Å². The van der Waals surface area contributed by atoms with Crippen LogP contribution in [0.5, 0.6) is 0 Å². The maximum Gasteiger partial charge on any atom is 0.306 e. The lowest BCUT2D eigenvalue weighted by atomic mass is 9.97. The average Bonchev–Trinajstić information content (AvgIpc) is 2.96. The minimum Gasteiger partial charge on any atom is -0.481 e. The van der Waals surface area contributed by atoms with Gasteiger partial charge in [-0.05, 0) is 31.9 Å². The summed E-state index contributed by atoms with van der Waals surface area (Å²) in [5, 5.41) is 9.02. The van der Waals surface area contributed by atoms with Gasteiger partial charge in [-0.2, -0.15) is 0 Å². The van der Waals surface area contributed by atoms with Gasteiger partial charge in [0.15, 0.2) is 0 Å². The highest BCUT2D eigenvalue weighted by atomic mass is 16.4. The summed E-state index contributed by atoms with van der Waals surface area (Å²) < 4.78 is 5.68. The third-order valence-electron chi connectivity index (χ3n) is 4.43. The van der Waals surface area contributed by atoms with Crippen molar-refractivity contribution in [1.29, 1.82) is 0 Å². The SMILES string of the molecule is Cc1oc(-c2ccccc2)nc1CC(=O)N1CCC(C(=O)O)CC1. The second-order valence-corrected chi connectivity index (χ2v) is 6.06. The number of carbonyl (C=O) groups excluding carboxylic acids is 1. The lowest BCUT2D eigenvalue weighted by molar-refractivity contribution is -0.145. The number of hydrogen-bond donors (Lipinski definition) is 1. The van der Waals surface area contributed by atoms with Gasteiger partial charge < -0.3 is 14.4 Å². The van der Waals surface area contributed by atoms with Crippen molar-refractivity contribution in [3.8, 4) is 11.5 Å². The minimum atomic E-state index is -0.776. The first-order chi connectivity index (χ1) is 11.5. The first-order valence-corrected chi connectivity index (χ1v) is 8.07. The maximum atomic E-state index is 12.4. The number of nitrogens with zero attached hydrogens (tertiary/aromatic N) is 2. The Kier molecular flexibility index (Phi) is 4.64. The van der Waals surface area contributed by atoms with Crippen molar-refractivity contribution in [2.45, 2.75) is 26.2 Å². The number of benzene rings is 1. The highest BCUT2D eigenvalue weighted by molar-refractivity contribution is 5.79. The predicted octanol–water partition coefficient (Wildman–Crippen LogP) is 2.52. The van der Waals surface area contributed by atoms with Crippen LogP contribution in [0.25, 0.3) is 11.5 Å². The third kappa shape index (κ3) is 3.48. The second-order valence-electron chi connectivity index (χ2n) is 6.06. The van der Waals surface area contributed by atoms with Crippen LogP contribution in [0.3, 0.4) is 0 Å². The Labute approximate surface area is 140 Å². The molecule has 6 nitrogen and oxygen atoms in total. The molecule has 1 aromatic heterocycles. The quantitative estimate of drug-likeness (QED) is 0.932. The van der Waals surface area contributed by atoms with Crippen LogP contribution in [-0.4, -0.2) is 40.0 Å². The van der Waals surface area contributed by atoms with Crippen LogP contribution in [0.15, 0.2) is 34.7 Å². The molecule has 2 aromatic rings. The van der Waals surface area contributed by atoms with Crippen molar-refractivity contribution in [2.24, 2.45) is 5.92 Å². The predicted molar refractivity (Wildman–Crippen MR) is 87.3 cm³/mol. The number of carboxylic acid groups (broad SMARTS) is 1. The molecular weight excluding hydrogens is 308 g/mol. The molecule has 0 atom stereocenters. The molecule has 24 heavy (non-hydrogen) atoms. The van der Waals surface area contributed by atoms with Gasteiger partial charge in [0.05, 0.1) is 18.0 Å². The topological polar surface area (TPSA) is 83.6 Å². The van der Waals surface area contributed by atoms with E-state index in [2.05, 4.69) is 4.98 Å². The van der Waals surface area contributed by atoms with Gasteiger partial charge in [0.1, 0.15) is 5.76 Å². The fourth-order valence-corrected chi connectivity index (χ4v) is 2.93. The van der Waals surface area contributed by atoms with Crippen LogP contribution in [0.2, 0.25) is 0 Å². The molecule has 2 heterocycles. The molecule has 6 heteroatoms. The van der Waals surface area contributed by atoms with Gasteiger partial charge in [-0.25, -0.2) is 4.98 Å². The van der Waals surface area contributed by atoms with E-state index in [-0.39, 0.29) is 18.2 Å². The van der Waals surface area contributed by atoms with Gasteiger partial charge >= 0.3 is 5.97 Å². The van der Waals surface area contributed by atoms with E-state index in [0.717, 1.165) is 5.56 Å². The molecule has 0 spiro atoms. The molecule has 1 saturated heterocycles. The highest BCUT2D eigenvalue weighted by Crippen LogP contribution is 2.23. The first-order valence-electron chi connectivity index (χ1n) is 8.07. The van der Waals surface area contributed by atoms with Crippen molar-refractivity contribution in [1.82, 2.24) is 9.88 Å². The number of aromatic nitrogens is 1. The summed E-state index contributed by atoms with van der Waals surface area (Å²) >= 11 is 0. The summed E-state index contributed by atoms with van der Waals surface area (Å²) in [4.78, 5) is 29.6. The summed E-state index contributed by atoms with van der Waals surface area (Å²) in [5.74, 6) is 0.00688. The zero-order valence-corrected chi connectivity index (χ0v) is 13.6. The summed E-state index contributed by atoms with van der Waals surface area (Å²) in [6.07, 6.45) is 1.20. The Morgan fingerprint density at radius 3 is 2.54 bits per heavy atom. The van der Waals surface area contributed by atoms with Gasteiger partial charge in [-0.15, -0.1) is 0 Å². The molecule has 1 aliphatic rings. The standard InChI is InChI=1S/C18H20N2O4/c1-12-15(19-17(24-12)13-5-3-2-4-6-13)11-16(21)20-9-7-14(8-10-20)18(22)23/h2-6,14H,7-11H2,1H3,(H,22,23). The monoisotopic (exact) mass is 328 g/mol. The number of likely N-dealkylation sites (tertiary alicyclic amines) is 1. The Morgan fingerprint density at radius 2 is 1.92 bits per heavy atom. The first kappa shape index (κ1) is 16.2. The van der Waals surface area contributed by atoms with E-state index >= 15 is 0 Å². The van der Waals surface area contributed by atoms with Gasteiger partial charge in [-0.3, -0.25) is 9.59 Å². The molecule has 126 valence electrons. The number of aliphatic carboxylic acids is 1. The fraction of sp³-hybridized carbons (Fsp3) is 0.389. The van der Waals surface area contributed by atoms with Gasteiger partial charge in [0, 0.05) is 18.7 Å². The van der Waals surface area contributed by atoms with Crippen molar-refractivity contribution < 1.29 is 19.1 Å². The van der Waals surface area contributed by atoms with Crippen LogP contribution < -0.4 is 0 Å². The molecular formula is C18H20N2O4. The fourth-order valence-electron chi connectivity index (χ4n) is 2.93. The molecule has 0 radical (unpaired) electrons. The molecule has 3 rings (SSSR count). The van der Waals surface area contributed by atoms with Crippen LogP contribution in [0, 0.1) is 12.8 Å². The highest BCUT2D eigenvalue weighted by Gasteiger charge is 2.27. The molecule has 0 bridgehead atoms. The maximum absolute atomic E-state index is 12.4. The molecule has 0 aliphatic carbocycles. The average molecular weight is 328 g/mol. The smallest absolute Gasteiger partial charge is 0.306 e. The normalized spacial score (nSPS) is 15.5. The largest absolute Gasteiger partial charge is 0.481 e. The molecule has 0 unspecified atom stereocenters. The zero-order valence-electron chi connectivity index (χ0n) is 13.6.